The number of benzene rings is 1. The summed E-state index contributed by atoms with van der Waals surface area (Å²) in [5.41, 5.74) is 4.15. The Morgan fingerprint density at radius 3 is 2.95 bits per heavy atom. The van der Waals surface area contributed by atoms with Crippen LogP contribution in [0.2, 0.25) is 0 Å². The SMILES string of the molecule is CCCNC(c1sccc1C)C1OCCc2ccccc21. The first-order valence-corrected chi connectivity index (χ1v) is 8.66. The fraction of sp³-hybridized carbons (Fsp3) is 0.444. The van der Waals surface area contributed by atoms with Gasteiger partial charge in [0.25, 0.3) is 0 Å². The fourth-order valence-electron chi connectivity index (χ4n) is 3.04. The van der Waals surface area contributed by atoms with Gasteiger partial charge in [-0.3, -0.25) is 0 Å². The minimum atomic E-state index is 0.124. The molecule has 0 aliphatic carbocycles. The highest BCUT2D eigenvalue weighted by molar-refractivity contribution is 7.10. The van der Waals surface area contributed by atoms with Gasteiger partial charge in [-0.05, 0) is 54.4 Å². The predicted octanol–water partition coefficient (Wildman–Crippen LogP) is 4.41. The van der Waals surface area contributed by atoms with Crippen molar-refractivity contribution in [2.24, 2.45) is 0 Å². The van der Waals surface area contributed by atoms with Crippen LogP contribution in [0, 0.1) is 6.92 Å². The molecule has 0 saturated heterocycles. The van der Waals surface area contributed by atoms with Crippen LogP contribution >= 0.6 is 11.3 Å². The molecule has 2 atom stereocenters. The molecule has 0 fully saturated rings. The second-order valence-corrected chi connectivity index (χ2v) is 6.59. The Hall–Kier alpha value is -1.16. The van der Waals surface area contributed by atoms with E-state index in [4.69, 9.17) is 4.74 Å². The lowest BCUT2D eigenvalue weighted by Gasteiger charge is -2.33. The number of aryl methyl sites for hydroxylation is 1. The zero-order valence-electron chi connectivity index (χ0n) is 12.8. The van der Waals surface area contributed by atoms with Gasteiger partial charge in [0.15, 0.2) is 0 Å². The molecular weight excluding hydrogens is 278 g/mol. The summed E-state index contributed by atoms with van der Waals surface area (Å²) >= 11 is 1.83. The van der Waals surface area contributed by atoms with Gasteiger partial charge in [-0.2, -0.15) is 0 Å². The standard InChI is InChI=1S/C18H23NOS/c1-3-10-19-16(18-13(2)9-12-21-18)17-15-7-5-4-6-14(15)8-11-20-17/h4-7,9,12,16-17,19H,3,8,10-11H2,1-2H3. The third kappa shape index (κ3) is 3.05. The second-order valence-electron chi connectivity index (χ2n) is 5.64. The summed E-state index contributed by atoms with van der Waals surface area (Å²) in [5, 5.41) is 5.89. The minimum absolute atomic E-state index is 0.124. The molecule has 1 aromatic carbocycles. The molecule has 0 saturated carbocycles. The van der Waals surface area contributed by atoms with E-state index in [9.17, 15) is 0 Å². The molecule has 2 heterocycles. The summed E-state index contributed by atoms with van der Waals surface area (Å²) < 4.78 is 6.19. The number of rotatable bonds is 5. The third-order valence-corrected chi connectivity index (χ3v) is 5.23. The Bertz CT molecular complexity index is 592. The van der Waals surface area contributed by atoms with Gasteiger partial charge in [0.05, 0.1) is 12.6 Å². The highest BCUT2D eigenvalue weighted by Gasteiger charge is 2.31. The maximum absolute atomic E-state index is 6.19. The van der Waals surface area contributed by atoms with Crippen LogP contribution in [0.3, 0.4) is 0 Å². The van der Waals surface area contributed by atoms with Crippen LogP contribution in [0.1, 0.15) is 47.1 Å². The van der Waals surface area contributed by atoms with Crippen molar-refractivity contribution in [2.45, 2.75) is 38.8 Å². The minimum Gasteiger partial charge on any atom is -0.371 e. The van der Waals surface area contributed by atoms with E-state index in [1.807, 2.05) is 11.3 Å². The maximum atomic E-state index is 6.19. The Labute approximate surface area is 131 Å². The van der Waals surface area contributed by atoms with Crippen molar-refractivity contribution >= 4 is 11.3 Å². The maximum Gasteiger partial charge on any atom is 0.103 e. The van der Waals surface area contributed by atoms with E-state index in [2.05, 4.69) is 54.9 Å². The van der Waals surface area contributed by atoms with Crippen LogP contribution in [-0.2, 0) is 11.2 Å². The van der Waals surface area contributed by atoms with Gasteiger partial charge in [-0.15, -0.1) is 11.3 Å². The lowest BCUT2D eigenvalue weighted by Crippen LogP contribution is -2.32. The first kappa shape index (κ1) is 14.8. The molecule has 2 unspecified atom stereocenters. The lowest BCUT2D eigenvalue weighted by molar-refractivity contribution is 0.0155. The number of ether oxygens (including phenoxy) is 1. The number of nitrogens with one attached hydrogen (secondary N) is 1. The van der Waals surface area contributed by atoms with Crippen LogP contribution in [-0.4, -0.2) is 13.2 Å². The summed E-state index contributed by atoms with van der Waals surface area (Å²) in [4.78, 5) is 1.41. The molecule has 0 bridgehead atoms. The van der Waals surface area contributed by atoms with E-state index >= 15 is 0 Å². The van der Waals surface area contributed by atoms with Crippen molar-refractivity contribution < 1.29 is 4.74 Å². The van der Waals surface area contributed by atoms with Crippen molar-refractivity contribution in [2.75, 3.05) is 13.2 Å². The lowest BCUT2D eigenvalue weighted by atomic mass is 9.91. The fourth-order valence-corrected chi connectivity index (χ4v) is 4.07. The number of hydrogen-bond donors (Lipinski definition) is 1. The summed E-state index contributed by atoms with van der Waals surface area (Å²) in [6.45, 7) is 6.24. The van der Waals surface area contributed by atoms with Gasteiger partial charge in [-0.1, -0.05) is 31.2 Å². The molecule has 1 aliphatic heterocycles. The summed E-state index contributed by atoms with van der Waals surface area (Å²) in [6.07, 6.45) is 2.28. The molecule has 0 radical (unpaired) electrons. The molecule has 0 spiro atoms. The van der Waals surface area contributed by atoms with Crippen molar-refractivity contribution in [1.82, 2.24) is 5.32 Å². The molecule has 3 rings (SSSR count). The van der Waals surface area contributed by atoms with Crippen molar-refractivity contribution in [3.63, 3.8) is 0 Å². The smallest absolute Gasteiger partial charge is 0.103 e. The monoisotopic (exact) mass is 301 g/mol. The van der Waals surface area contributed by atoms with Gasteiger partial charge >= 0.3 is 0 Å². The normalized spacial score (nSPS) is 19.2. The summed E-state index contributed by atoms with van der Waals surface area (Å²) in [5.74, 6) is 0. The Kier molecular flexibility index (Phi) is 4.73. The largest absolute Gasteiger partial charge is 0.371 e. The highest BCUT2D eigenvalue weighted by atomic mass is 32.1. The number of hydrogen-bond acceptors (Lipinski definition) is 3. The highest BCUT2D eigenvalue weighted by Crippen LogP contribution is 2.39. The van der Waals surface area contributed by atoms with Crippen LogP contribution in [0.15, 0.2) is 35.7 Å². The summed E-state index contributed by atoms with van der Waals surface area (Å²) in [7, 11) is 0. The van der Waals surface area contributed by atoms with E-state index in [-0.39, 0.29) is 12.1 Å². The Morgan fingerprint density at radius 1 is 1.33 bits per heavy atom. The molecular formula is C18H23NOS. The Balaban J connectivity index is 1.96. The molecule has 1 N–H and O–H groups in total. The van der Waals surface area contributed by atoms with Crippen LogP contribution in [0.4, 0.5) is 0 Å². The summed E-state index contributed by atoms with van der Waals surface area (Å²) in [6, 6.07) is 11.2. The van der Waals surface area contributed by atoms with E-state index in [1.54, 1.807) is 0 Å². The first-order valence-electron chi connectivity index (χ1n) is 7.78. The van der Waals surface area contributed by atoms with Gasteiger partial charge in [-0.25, -0.2) is 0 Å². The Morgan fingerprint density at radius 2 is 2.19 bits per heavy atom. The van der Waals surface area contributed by atoms with Gasteiger partial charge in [0, 0.05) is 4.88 Å². The topological polar surface area (TPSA) is 21.3 Å². The van der Waals surface area contributed by atoms with Crippen LogP contribution in [0.5, 0.6) is 0 Å². The van der Waals surface area contributed by atoms with E-state index in [1.165, 1.54) is 21.6 Å². The van der Waals surface area contributed by atoms with E-state index in [0.29, 0.717) is 0 Å². The zero-order valence-corrected chi connectivity index (χ0v) is 13.6. The molecule has 0 amide bonds. The number of fused-ring (bicyclic) bond motifs is 1. The van der Waals surface area contributed by atoms with Gasteiger partial charge < -0.3 is 10.1 Å². The molecule has 21 heavy (non-hydrogen) atoms. The second kappa shape index (κ2) is 6.73. The van der Waals surface area contributed by atoms with Crippen molar-refractivity contribution in [3.8, 4) is 0 Å². The quantitative estimate of drug-likeness (QED) is 0.883. The number of thiophene rings is 1. The average Bonchev–Trinajstić information content (AvgIpc) is 2.94. The molecule has 112 valence electrons. The van der Waals surface area contributed by atoms with E-state index in [0.717, 1.165) is 26.0 Å². The molecule has 3 heteroatoms. The van der Waals surface area contributed by atoms with E-state index < -0.39 is 0 Å². The predicted molar refractivity (Wildman–Crippen MR) is 88.9 cm³/mol. The van der Waals surface area contributed by atoms with Crippen LogP contribution in [0.25, 0.3) is 0 Å². The van der Waals surface area contributed by atoms with Gasteiger partial charge in [0.2, 0.25) is 0 Å². The molecule has 1 aliphatic rings. The molecule has 2 aromatic rings. The zero-order chi connectivity index (χ0) is 14.7. The average molecular weight is 301 g/mol. The molecule has 1 aromatic heterocycles. The molecule has 2 nitrogen and oxygen atoms in total. The first-order chi connectivity index (χ1) is 10.3. The van der Waals surface area contributed by atoms with Crippen LogP contribution < -0.4 is 5.32 Å². The third-order valence-electron chi connectivity index (χ3n) is 4.13. The van der Waals surface area contributed by atoms with Crippen molar-refractivity contribution in [1.29, 1.82) is 0 Å². The van der Waals surface area contributed by atoms with Gasteiger partial charge in [0.1, 0.15) is 6.10 Å². The van der Waals surface area contributed by atoms with Crippen molar-refractivity contribution in [3.05, 3.63) is 57.3 Å².